The van der Waals surface area contributed by atoms with Crippen LogP contribution in [0, 0.1) is 23.7 Å². The lowest BCUT2D eigenvalue weighted by molar-refractivity contribution is -0.110. The Morgan fingerprint density at radius 1 is 1.12 bits per heavy atom. The third-order valence-electron chi connectivity index (χ3n) is 4.48. The maximum Gasteiger partial charge on any atom is 0.183 e. The summed E-state index contributed by atoms with van der Waals surface area (Å²) in [6.07, 6.45) is 0.482. The first-order chi connectivity index (χ1) is 11.4. The lowest BCUT2D eigenvalue weighted by Crippen LogP contribution is -2.16. The van der Waals surface area contributed by atoms with Gasteiger partial charge in [-0.2, -0.15) is 5.26 Å². The van der Waals surface area contributed by atoms with Crippen molar-refractivity contribution in [3.8, 4) is 6.07 Å². The number of carbonyl (C=O) groups is 1. The van der Waals surface area contributed by atoms with Crippen LogP contribution in [0.25, 0.3) is 0 Å². The van der Waals surface area contributed by atoms with E-state index >= 15 is 0 Å². The van der Waals surface area contributed by atoms with Gasteiger partial charge in [-0.25, -0.2) is 8.42 Å². The minimum atomic E-state index is -3.79. The third kappa shape index (κ3) is 2.48. The van der Waals surface area contributed by atoms with E-state index in [1.165, 1.54) is 12.1 Å². The fourth-order valence-electron chi connectivity index (χ4n) is 3.11. The number of aryl methyl sites for hydroxylation is 1. The molecule has 0 spiro atoms. The molecule has 2 aromatic carbocycles. The summed E-state index contributed by atoms with van der Waals surface area (Å²) < 4.78 is 26.8. The van der Waals surface area contributed by atoms with Gasteiger partial charge in [0.15, 0.2) is 9.84 Å². The molecule has 6 heteroatoms. The third-order valence-corrected chi connectivity index (χ3v) is 7.27. The average molecular weight is 404 g/mol. The van der Waals surface area contributed by atoms with Crippen LogP contribution < -0.4 is 0 Å². The van der Waals surface area contributed by atoms with Gasteiger partial charge >= 0.3 is 0 Å². The zero-order valence-corrected chi connectivity index (χ0v) is 15.2. The number of aldehydes is 1. The predicted octanol–water partition coefficient (Wildman–Crippen LogP) is 3.41. The van der Waals surface area contributed by atoms with Crippen molar-refractivity contribution in [2.75, 3.05) is 0 Å². The number of rotatable bonds is 4. The summed E-state index contributed by atoms with van der Waals surface area (Å²) in [4.78, 5) is 11.8. The highest BCUT2D eigenvalue weighted by molar-refractivity contribution is 9.10. The fraction of sp³-hybridized carbons (Fsp3) is 0.222. The molecule has 1 saturated carbocycles. The summed E-state index contributed by atoms with van der Waals surface area (Å²) in [6, 6.07) is 15.4. The number of sulfone groups is 1. The van der Waals surface area contributed by atoms with Gasteiger partial charge in [-0.3, -0.25) is 0 Å². The molecule has 1 aliphatic carbocycles. The van der Waals surface area contributed by atoms with Gasteiger partial charge in [-0.15, -0.1) is 0 Å². The summed E-state index contributed by atoms with van der Waals surface area (Å²) in [5, 5.41) is 8.45. The van der Waals surface area contributed by atoms with E-state index in [9.17, 15) is 18.5 Å². The average Bonchev–Trinajstić information content (AvgIpc) is 3.26. The normalized spacial score (nSPS) is 25.7. The Balaban J connectivity index is 2.08. The van der Waals surface area contributed by atoms with Gasteiger partial charge in [0.25, 0.3) is 0 Å². The fourth-order valence-corrected chi connectivity index (χ4v) is 5.61. The molecule has 0 radical (unpaired) electrons. The number of nitriles is 1. The first-order valence-electron chi connectivity index (χ1n) is 7.30. The summed E-state index contributed by atoms with van der Waals surface area (Å²) in [5.74, 6) is -0.653. The highest BCUT2D eigenvalue weighted by atomic mass is 79.9. The van der Waals surface area contributed by atoms with Crippen LogP contribution in [0.5, 0.6) is 0 Å². The number of benzene rings is 2. The van der Waals surface area contributed by atoms with Crippen LogP contribution in [0.1, 0.15) is 17.0 Å². The molecule has 4 nitrogen and oxygen atoms in total. The van der Waals surface area contributed by atoms with Crippen molar-refractivity contribution in [1.29, 1.82) is 5.26 Å². The van der Waals surface area contributed by atoms with Crippen LogP contribution in [0.4, 0.5) is 0 Å². The molecule has 0 amide bonds. The SMILES string of the molecule is Cc1ccc(S(=O)(=O)[C@H]2[C@H](c3ccc(Br)cc3)[C@@]2(C#N)C=O)cc1. The van der Waals surface area contributed by atoms with E-state index in [4.69, 9.17) is 0 Å². The van der Waals surface area contributed by atoms with Gasteiger partial charge in [0, 0.05) is 10.4 Å². The van der Waals surface area contributed by atoms with Crippen LogP contribution in [-0.2, 0) is 14.6 Å². The maximum atomic E-state index is 13.0. The topological polar surface area (TPSA) is 75.0 Å². The highest BCUT2D eigenvalue weighted by Crippen LogP contribution is 2.62. The largest absolute Gasteiger partial charge is 0.302 e. The van der Waals surface area contributed by atoms with Crippen molar-refractivity contribution in [1.82, 2.24) is 0 Å². The van der Waals surface area contributed by atoms with Crippen molar-refractivity contribution in [2.24, 2.45) is 5.41 Å². The van der Waals surface area contributed by atoms with Crippen molar-refractivity contribution in [2.45, 2.75) is 23.0 Å². The standard InChI is InChI=1S/C18H14BrNO3S/c1-12-2-8-15(9-3-12)24(22,23)17-16(18(17,10-20)11-21)13-4-6-14(19)7-5-13/h2-9,11,16-17H,1H3/t16-,17-,18+/m0/s1. The molecule has 0 heterocycles. The Bertz CT molecular complexity index is 930. The Labute approximate surface area is 149 Å². The van der Waals surface area contributed by atoms with Crippen LogP contribution in [0.2, 0.25) is 0 Å². The molecule has 122 valence electrons. The predicted molar refractivity (Wildman–Crippen MR) is 93.1 cm³/mol. The molecule has 0 aromatic heterocycles. The zero-order chi connectivity index (χ0) is 17.5. The number of hydrogen-bond acceptors (Lipinski definition) is 4. The molecular weight excluding hydrogens is 390 g/mol. The molecule has 3 atom stereocenters. The summed E-state index contributed by atoms with van der Waals surface area (Å²) >= 11 is 3.32. The first kappa shape index (κ1) is 16.9. The molecule has 0 unspecified atom stereocenters. The second kappa shape index (κ2) is 5.83. The minimum absolute atomic E-state index is 0.138. The summed E-state index contributed by atoms with van der Waals surface area (Å²) in [7, 11) is -3.79. The Hall–Kier alpha value is -1.97. The number of nitrogens with zero attached hydrogens (tertiary/aromatic N) is 1. The molecule has 0 saturated heterocycles. The smallest absolute Gasteiger partial charge is 0.183 e. The number of carbonyl (C=O) groups excluding carboxylic acids is 1. The van der Waals surface area contributed by atoms with Crippen LogP contribution in [0.3, 0.4) is 0 Å². The Morgan fingerprint density at radius 2 is 1.71 bits per heavy atom. The van der Waals surface area contributed by atoms with E-state index < -0.39 is 26.4 Å². The van der Waals surface area contributed by atoms with E-state index in [2.05, 4.69) is 15.9 Å². The second-order valence-electron chi connectivity index (χ2n) is 5.97. The molecule has 2 aromatic rings. The van der Waals surface area contributed by atoms with Crippen LogP contribution >= 0.6 is 15.9 Å². The lowest BCUT2D eigenvalue weighted by atomic mass is 10.0. The molecule has 0 N–H and O–H groups in total. The zero-order valence-electron chi connectivity index (χ0n) is 12.8. The van der Waals surface area contributed by atoms with Gasteiger partial charge in [-0.05, 0) is 36.8 Å². The lowest BCUT2D eigenvalue weighted by Gasteiger charge is -2.05. The van der Waals surface area contributed by atoms with Crippen molar-refractivity contribution in [3.05, 3.63) is 64.1 Å². The van der Waals surface area contributed by atoms with Gasteiger partial charge in [0.2, 0.25) is 0 Å². The summed E-state index contributed by atoms with van der Waals surface area (Å²) in [5.41, 5.74) is 0.0843. The maximum absolute atomic E-state index is 13.0. The highest BCUT2D eigenvalue weighted by Gasteiger charge is 2.72. The van der Waals surface area contributed by atoms with Crippen molar-refractivity contribution in [3.63, 3.8) is 0 Å². The Kier molecular flexibility index (Phi) is 4.10. The molecular formula is C18H14BrNO3S. The molecule has 3 rings (SSSR count). The molecule has 0 bridgehead atoms. The Morgan fingerprint density at radius 3 is 2.21 bits per heavy atom. The van der Waals surface area contributed by atoms with Gasteiger partial charge in [-0.1, -0.05) is 45.8 Å². The van der Waals surface area contributed by atoms with Crippen molar-refractivity contribution >= 4 is 32.1 Å². The summed E-state index contributed by atoms with van der Waals surface area (Å²) in [6.45, 7) is 1.86. The quantitative estimate of drug-likeness (QED) is 0.732. The van der Waals surface area contributed by atoms with Gasteiger partial charge < -0.3 is 4.79 Å². The number of hydrogen-bond donors (Lipinski definition) is 0. The van der Waals surface area contributed by atoms with Gasteiger partial charge in [0.05, 0.1) is 11.0 Å². The van der Waals surface area contributed by atoms with Crippen LogP contribution in [0.15, 0.2) is 57.9 Å². The first-order valence-corrected chi connectivity index (χ1v) is 9.64. The van der Waals surface area contributed by atoms with E-state index in [-0.39, 0.29) is 4.90 Å². The molecule has 0 aliphatic heterocycles. The number of halogens is 1. The van der Waals surface area contributed by atoms with Crippen LogP contribution in [-0.4, -0.2) is 20.0 Å². The van der Waals surface area contributed by atoms with E-state index in [0.717, 1.165) is 10.0 Å². The van der Waals surface area contributed by atoms with E-state index in [1.807, 2.05) is 13.0 Å². The van der Waals surface area contributed by atoms with E-state index in [1.54, 1.807) is 36.4 Å². The van der Waals surface area contributed by atoms with Crippen molar-refractivity contribution < 1.29 is 13.2 Å². The monoisotopic (exact) mass is 403 g/mol. The molecule has 1 fully saturated rings. The van der Waals surface area contributed by atoms with E-state index in [0.29, 0.717) is 11.8 Å². The second-order valence-corrected chi connectivity index (χ2v) is 8.96. The molecule has 1 aliphatic rings. The minimum Gasteiger partial charge on any atom is -0.302 e. The molecule has 24 heavy (non-hydrogen) atoms. The van der Waals surface area contributed by atoms with Gasteiger partial charge in [0.1, 0.15) is 17.0 Å².